The molecule has 2 aromatic carbocycles. The van der Waals surface area contributed by atoms with E-state index in [1.54, 1.807) is 37.4 Å². The molecule has 0 saturated carbocycles. The summed E-state index contributed by atoms with van der Waals surface area (Å²) in [6.45, 7) is 1.85. The van der Waals surface area contributed by atoms with Crippen LogP contribution in [0, 0.1) is 0 Å². The summed E-state index contributed by atoms with van der Waals surface area (Å²) in [5.74, 6) is 0.256. The lowest BCUT2D eigenvalue weighted by atomic mass is 10.1. The van der Waals surface area contributed by atoms with E-state index in [2.05, 4.69) is 10.6 Å². The molecule has 4 N–H and O–H groups in total. The highest BCUT2D eigenvalue weighted by Crippen LogP contribution is 2.28. The molecule has 0 aromatic heterocycles. The lowest BCUT2D eigenvalue weighted by molar-refractivity contribution is -0.107. The Morgan fingerprint density at radius 2 is 2.00 bits per heavy atom. The van der Waals surface area contributed by atoms with Gasteiger partial charge in [0, 0.05) is 12.5 Å². The van der Waals surface area contributed by atoms with Gasteiger partial charge in [0.2, 0.25) is 0 Å². The minimum Gasteiger partial charge on any atom is -0.495 e. The maximum atomic E-state index is 12.7. The number of rotatable bonds is 7. The number of nitrogen functional groups attached to an aromatic ring is 1. The molecule has 0 aliphatic carbocycles. The molecule has 1 amide bonds. The Hall–Kier alpha value is -3.02. The fourth-order valence-electron chi connectivity index (χ4n) is 2.31. The van der Waals surface area contributed by atoms with Gasteiger partial charge in [0.15, 0.2) is 0 Å². The number of ether oxygens (including phenoxy) is 1. The number of carbonyl (C=O) groups excluding carboxylic acids is 2. The SMILES string of the molecule is COc1ccccc1NC(=O)c1cccc(N)c1NC(C)CC=O. The zero-order valence-electron chi connectivity index (χ0n) is 13.7. The molecule has 1 atom stereocenters. The number of para-hydroxylation sites is 3. The van der Waals surface area contributed by atoms with Crippen LogP contribution < -0.4 is 21.1 Å². The Balaban J connectivity index is 2.29. The molecule has 0 bridgehead atoms. The van der Waals surface area contributed by atoms with E-state index in [1.807, 2.05) is 19.1 Å². The molecule has 2 aromatic rings. The van der Waals surface area contributed by atoms with Gasteiger partial charge in [0.25, 0.3) is 5.91 Å². The standard InChI is InChI=1S/C18H21N3O3/c1-12(10-11-22)20-17-13(6-5-7-14(17)19)18(23)21-15-8-3-4-9-16(15)24-2/h3-9,11-12,20H,10,19H2,1-2H3,(H,21,23). The van der Waals surface area contributed by atoms with Crippen molar-refractivity contribution < 1.29 is 14.3 Å². The van der Waals surface area contributed by atoms with E-state index in [1.165, 1.54) is 0 Å². The molecule has 0 saturated heterocycles. The first-order valence-corrected chi connectivity index (χ1v) is 7.59. The van der Waals surface area contributed by atoms with E-state index in [0.29, 0.717) is 34.8 Å². The van der Waals surface area contributed by atoms with Gasteiger partial charge in [-0.3, -0.25) is 4.79 Å². The number of carbonyl (C=O) groups is 2. The van der Waals surface area contributed by atoms with E-state index in [-0.39, 0.29) is 11.9 Å². The third kappa shape index (κ3) is 4.04. The van der Waals surface area contributed by atoms with E-state index >= 15 is 0 Å². The van der Waals surface area contributed by atoms with Crippen molar-refractivity contribution in [2.45, 2.75) is 19.4 Å². The Bertz CT molecular complexity index is 731. The largest absolute Gasteiger partial charge is 0.495 e. The molecule has 2 rings (SSSR count). The van der Waals surface area contributed by atoms with Gasteiger partial charge in [-0.1, -0.05) is 18.2 Å². The normalized spacial score (nSPS) is 11.4. The molecule has 6 nitrogen and oxygen atoms in total. The number of hydrogen-bond acceptors (Lipinski definition) is 5. The molecule has 0 heterocycles. The molecule has 126 valence electrons. The van der Waals surface area contributed by atoms with Crippen LogP contribution in [0.15, 0.2) is 42.5 Å². The van der Waals surface area contributed by atoms with Crippen LogP contribution in [-0.2, 0) is 4.79 Å². The van der Waals surface area contributed by atoms with Gasteiger partial charge in [-0.2, -0.15) is 0 Å². The molecule has 0 aliphatic rings. The van der Waals surface area contributed by atoms with Crippen LogP contribution in [0.1, 0.15) is 23.7 Å². The van der Waals surface area contributed by atoms with Crippen LogP contribution in [0.2, 0.25) is 0 Å². The molecule has 0 fully saturated rings. The van der Waals surface area contributed by atoms with Gasteiger partial charge in [-0.15, -0.1) is 0 Å². The second-order valence-corrected chi connectivity index (χ2v) is 5.37. The van der Waals surface area contributed by atoms with Crippen LogP contribution in [0.5, 0.6) is 5.75 Å². The van der Waals surface area contributed by atoms with Gasteiger partial charge in [-0.25, -0.2) is 0 Å². The predicted molar refractivity (Wildman–Crippen MR) is 95.6 cm³/mol. The predicted octanol–water partition coefficient (Wildman–Crippen LogP) is 2.92. The Morgan fingerprint density at radius 1 is 1.25 bits per heavy atom. The maximum absolute atomic E-state index is 12.7. The lowest BCUT2D eigenvalue weighted by Crippen LogP contribution is -2.21. The van der Waals surface area contributed by atoms with Crippen molar-refractivity contribution >= 4 is 29.3 Å². The topological polar surface area (TPSA) is 93.4 Å². The molecule has 1 unspecified atom stereocenters. The Labute approximate surface area is 141 Å². The van der Waals surface area contributed by atoms with Crippen molar-refractivity contribution in [2.75, 3.05) is 23.5 Å². The molecule has 6 heteroatoms. The number of hydrogen-bond donors (Lipinski definition) is 3. The summed E-state index contributed by atoms with van der Waals surface area (Å²) >= 11 is 0. The monoisotopic (exact) mass is 327 g/mol. The van der Waals surface area contributed by atoms with Gasteiger partial charge in [0.1, 0.15) is 12.0 Å². The highest BCUT2D eigenvalue weighted by atomic mass is 16.5. The van der Waals surface area contributed by atoms with E-state index in [0.717, 1.165) is 6.29 Å². The van der Waals surface area contributed by atoms with Crippen LogP contribution in [-0.4, -0.2) is 25.3 Å². The quantitative estimate of drug-likeness (QED) is 0.537. The van der Waals surface area contributed by atoms with Crippen molar-refractivity contribution in [1.29, 1.82) is 0 Å². The van der Waals surface area contributed by atoms with E-state index < -0.39 is 0 Å². The van der Waals surface area contributed by atoms with Crippen molar-refractivity contribution in [3.63, 3.8) is 0 Å². The zero-order chi connectivity index (χ0) is 17.5. The summed E-state index contributed by atoms with van der Waals surface area (Å²) in [4.78, 5) is 23.3. The molecular weight excluding hydrogens is 306 g/mol. The van der Waals surface area contributed by atoms with E-state index in [4.69, 9.17) is 10.5 Å². The van der Waals surface area contributed by atoms with Crippen LogP contribution in [0.3, 0.4) is 0 Å². The number of nitrogens with one attached hydrogen (secondary N) is 2. The van der Waals surface area contributed by atoms with Crippen LogP contribution >= 0.6 is 0 Å². The molecule has 0 spiro atoms. The van der Waals surface area contributed by atoms with Gasteiger partial charge in [-0.05, 0) is 31.2 Å². The first kappa shape index (κ1) is 17.3. The number of amides is 1. The fourth-order valence-corrected chi connectivity index (χ4v) is 2.31. The summed E-state index contributed by atoms with van der Waals surface area (Å²) in [6.07, 6.45) is 1.15. The summed E-state index contributed by atoms with van der Waals surface area (Å²) in [6, 6.07) is 12.1. The third-order valence-corrected chi connectivity index (χ3v) is 3.54. The smallest absolute Gasteiger partial charge is 0.257 e. The zero-order valence-corrected chi connectivity index (χ0v) is 13.7. The summed E-state index contributed by atoms with van der Waals surface area (Å²) in [5.41, 5.74) is 7.93. The number of anilines is 3. The van der Waals surface area contributed by atoms with Crippen molar-refractivity contribution in [2.24, 2.45) is 0 Å². The minimum atomic E-state index is -0.312. The Kier molecular flexibility index (Phi) is 5.78. The minimum absolute atomic E-state index is 0.134. The van der Waals surface area contributed by atoms with Crippen LogP contribution in [0.25, 0.3) is 0 Å². The highest BCUT2D eigenvalue weighted by Gasteiger charge is 2.16. The first-order valence-electron chi connectivity index (χ1n) is 7.59. The maximum Gasteiger partial charge on any atom is 0.257 e. The lowest BCUT2D eigenvalue weighted by Gasteiger charge is -2.18. The number of nitrogens with two attached hydrogens (primary N) is 1. The van der Waals surface area contributed by atoms with Gasteiger partial charge >= 0.3 is 0 Å². The van der Waals surface area contributed by atoms with Crippen molar-refractivity contribution in [3.8, 4) is 5.75 Å². The molecule has 0 aliphatic heterocycles. The first-order chi connectivity index (χ1) is 11.6. The van der Waals surface area contributed by atoms with Crippen molar-refractivity contribution in [1.82, 2.24) is 0 Å². The number of methoxy groups -OCH3 is 1. The third-order valence-electron chi connectivity index (χ3n) is 3.54. The summed E-state index contributed by atoms with van der Waals surface area (Å²) in [7, 11) is 1.54. The van der Waals surface area contributed by atoms with Crippen molar-refractivity contribution in [3.05, 3.63) is 48.0 Å². The number of benzene rings is 2. The number of aldehydes is 1. The molecular formula is C18H21N3O3. The average Bonchev–Trinajstić information content (AvgIpc) is 2.57. The molecule has 24 heavy (non-hydrogen) atoms. The fraction of sp³-hybridized carbons (Fsp3) is 0.222. The Morgan fingerprint density at radius 3 is 2.71 bits per heavy atom. The average molecular weight is 327 g/mol. The van der Waals surface area contributed by atoms with E-state index in [9.17, 15) is 9.59 Å². The second kappa shape index (κ2) is 8.01. The van der Waals surface area contributed by atoms with Gasteiger partial charge < -0.3 is 25.9 Å². The summed E-state index contributed by atoms with van der Waals surface area (Å²) < 4.78 is 5.24. The van der Waals surface area contributed by atoms with Crippen LogP contribution in [0.4, 0.5) is 17.1 Å². The molecule has 0 radical (unpaired) electrons. The summed E-state index contributed by atoms with van der Waals surface area (Å²) in [5, 5.41) is 5.95. The van der Waals surface area contributed by atoms with Gasteiger partial charge in [0.05, 0.1) is 29.7 Å². The second-order valence-electron chi connectivity index (χ2n) is 5.37. The highest BCUT2D eigenvalue weighted by molar-refractivity contribution is 6.10.